The molecule has 174 valence electrons. The van der Waals surface area contributed by atoms with Crippen LogP contribution in [0.3, 0.4) is 0 Å². The van der Waals surface area contributed by atoms with Gasteiger partial charge in [0.05, 0.1) is 10.6 Å². The summed E-state index contributed by atoms with van der Waals surface area (Å²) in [6, 6.07) is 19.8. The first-order chi connectivity index (χ1) is 16.2. The normalized spacial score (nSPS) is 11.3. The molecule has 1 aromatic heterocycles. The van der Waals surface area contributed by atoms with Crippen LogP contribution in [0.4, 0.5) is 10.8 Å². The molecule has 0 radical (unpaired) electrons. The van der Waals surface area contributed by atoms with Crippen molar-refractivity contribution >= 4 is 61.3 Å². The monoisotopic (exact) mass is 532 g/mol. The molecule has 0 unspecified atom stereocenters. The van der Waals surface area contributed by atoms with Crippen LogP contribution in [0.1, 0.15) is 5.56 Å². The van der Waals surface area contributed by atoms with E-state index in [9.17, 15) is 13.2 Å². The quantitative estimate of drug-likeness (QED) is 0.331. The highest BCUT2D eigenvalue weighted by molar-refractivity contribution is 7.92. The maximum absolute atomic E-state index is 13.5. The number of anilines is 2. The topological polar surface area (TPSA) is 92.3 Å². The van der Waals surface area contributed by atoms with Crippen molar-refractivity contribution in [3.8, 4) is 10.6 Å². The van der Waals surface area contributed by atoms with Gasteiger partial charge in [0.15, 0.2) is 0 Å². The summed E-state index contributed by atoms with van der Waals surface area (Å²) in [4.78, 5) is 12.9. The number of hydrogen-bond acceptors (Lipinski definition) is 6. The minimum atomic E-state index is -4.05. The highest BCUT2D eigenvalue weighted by atomic mass is 35.5. The lowest BCUT2D eigenvalue weighted by Crippen LogP contribution is -2.38. The van der Waals surface area contributed by atoms with Crippen molar-refractivity contribution in [1.29, 1.82) is 0 Å². The zero-order chi connectivity index (χ0) is 24.3. The number of sulfonamides is 1. The number of carbonyl (C=O) groups is 1. The van der Waals surface area contributed by atoms with Crippen molar-refractivity contribution in [2.75, 3.05) is 16.2 Å². The summed E-state index contributed by atoms with van der Waals surface area (Å²) in [6.07, 6.45) is 0. The molecule has 0 aliphatic carbocycles. The van der Waals surface area contributed by atoms with Crippen LogP contribution >= 0.6 is 34.5 Å². The maximum atomic E-state index is 13.5. The molecule has 0 saturated heterocycles. The Morgan fingerprint density at radius 3 is 2.21 bits per heavy atom. The largest absolute Gasteiger partial charge is 0.299 e. The SMILES string of the molecule is Cc1ccccc1N(CC(=O)Nc1nnc(-c2ccc(Cl)cc2)s1)S(=O)(=O)c1ccc(Cl)cc1. The second-order valence-corrected chi connectivity index (χ2v) is 10.9. The third-order valence-corrected chi connectivity index (χ3v) is 8.00. The summed E-state index contributed by atoms with van der Waals surface area (Å²) in [6.45, 7) is 1.33. The third kappa shape index (κ3) is 5.39. The van der Waals surface area contributed by atoms with E-state index in [1.807, 2.05) is 0 Å². The fourth-order valence-corrected chi connectivity index (χ4v) is 5.65. The molecule has 0 fully saturated rings. The molecule has 0 saturated carbocycles. The van der Waals surface area contributed by atoms with Crippen molar-refractivity contribution in [1.82, 2.24) is 10.2 Å². The number of hydrogen-bond donors (Lipinski definition) is 1. The predicted octanol–water partition coefficient (Wildman–Crippen LogP) is 5.65. The Hall–Kier alpha value is -2.98. The average molecular weight is 533 g/mol. The highest BCUT2D eigenvalue weighted by Crippen LogP contribution is 2.29. The third-order valence-electron chi connectivity index (χ3n) is 4.84. The number of amides is 1. The molecule has 0 spiro atoms. The molecule has 11 heteroatoms. The fourth-order valence-electron chi connectivity index (χ4n) is 3.15. The Labute approximate surface area is 211 Å². The van der Waals surface area contributed by atoms with Gasteiger partial charge in [-0.15, -0.1) is 10.2 Å². The summed E-state index contributed by atoms with van der Waals surface area (Å²) in [7, 11) is -4.05. The van der Waals surface area contributed by atoms with Gasteiger partial charge in [0.1, 0.15) is 11.6 Å². The van der Waals surface area contributed by atoms with Crippen molar-refractivity contribution in [2.24, 2.45) is 0 Å². The number of para-hydroxylation sites is 1. The van der Waals surface area contributed by atoms with E-state index in [1.165, 1.54) is 35.6 Å². The molecule has 0 atom stereocenters. The molecule has 3 aromatic carbocycles. The van der Waals surface area contributed by atoms with Gasteiger partial charge in [-0.3, -0.25) is 14.4 Å². The Morgan fingerprint density at radius 1 is 0.941 bits per heavy atom. The van der Waals surface area contributed by atoms with Crippen LogP contribution in [-0.4, -0.2) is 31.1 Å². The Morgan fingerprint density at radius 2 is 1.56 bits per heavy atom. The van der Waals surface area contributed by atoms with Gasteiger partial charge < -0.3 is 0 Å². The molecule has 0 bridgehead atoms. The van der Waals surface area contributed by atoms with Crippen LogP contribution in [0.15, 0.2) is 77.7 Å². The van der Waals surface area contributed by atoms with Gasteiger partial charge in [-0.05, 0) is 55.0 Å². The van der Waals surface area contributed by atoms with E-state index in [1.54, 1.807) is 55.5 Å². The summed E-state index contributed by atoms with van der Waals surface area (Å²) in [5, 5.41) is 12.6. The Kier molecular flexibility index (Phi) is 7.18. The van der Waals surface area contributed by atoms with Crippen LogP contribution < -0.4 is 9.62 Å². The number of rotatable bonds is 7. The van der Waals surface area contributed by atoms with Crippen LogP contribution in [-0.2, 0) is 14.8 Å². The van der Waals surface area contributed by atoms with E-state index in [2.05, 4.69) is 15.5 Å². The molecule has 1 N–H and O–H groups in total. The van der Waals surface area contributed by atoms with E-state index in [0.717, 1.165) is 9.87 Å². The predicted molar refractivity (Wildman–Crippen MR) is 136 cm³/mol. The first-order valence-corrected chi connectivity index (χ1v) is 13.0. The van der Waals surface area contributed by atoms with E-state index in [0.29, 0.717) is 26.3 Å². The zero-order valence-corrected chi connectivity index (χ0v) is 20.9. The van der Waals surface area contributed by atoms with Gasteiger partial charge in [0, 0.05) is 15.6 Å². The van der Waals surface area contributed by atoms with Crippen LogP contribution in [0.5, 0.6) is 0 Å². The summed E-state index contributed by atoms with van der Waals surface area (Å²) in [5.41, 5.74) is 1.90. The molecule has 4 rings (SSSR count). The molecule has 1 amide bonds. The van der Waals surface area contributed by atoms with E-state index in [4.69, 9.17) is 23.2 Å². The first-order valence-electron chi connectivity index (χ1n) is 9.97. The van der Waals surface area contributed by atoms with Gasteiger partial charge in [-0.1, -0.05) is 64.9 Å². The summed E-state index contributed by atoms with van der Waals surface area (Å²) < 4.78 is 28.0. The van der Waals surface area contributed by atoms with Crippen LogP contribution in [0.25, 0.3) is 10.6 Å². The number of nitrogens with one attached hydrogen (secondary N) is 1. The van der Waals surface area contributed by atoms with Crippen molar-refractivity contribution < 1.29 is 13.2 Å². The molecule has 1 heterocycles. The van der Waals surface area contributed by atoms with Gasteiger partial charge in [0.2, 0.25) is 11.0 Å². The molecule has 7 nitrogen and oxygen atoms in total. The van der Waals surface area contributed by atoms with Crippen molar-refractivity contribution in [3.63, 3.8) is 0 Å². The molecule has 0 aliphatic heterocycles. The van der Waals surface area contributed by atoms with E-state index >= 15 is 0 Å². The van der Waals surface area contributed by atoms with E-state index in [-0.39, 0.29) is 10.0 Å². The average Bonchev–Trinajstić information content (AvgIpc) is 3.27. The molecular weight excluding hydrogens is 515 g/mol. The fraction of sp³-hybridized carbons (Fsp3) is 0.0870. The number of aromatic nitrogens is 2. The van der Waals surface area contributed by atoms with Gasteiger partial charge >= 0.3 is 0 Å². The van der Waals surface area contributed by atoms with Crippen LogP contribution in [0, 0.1) is 6.92 Å². The lowest BCUT2D eigenvalue weighted by Gasteiger charge is -2.25. The minimum absolute atomic E-state index is 0.0221. The lowest BCUT2D eigenvalue weighted by molar-refractivity contribution is -0.114. The molecule has 34 heavy (non-hydrogen) atoms. The smallest absolute Gasteiger partial charge is 0.264 e. The van der Waals surface area contributed by atoms with Crippen LogP contribution in [0.2, 0.25) is 10.0 Å². The number of aryl methyl sites for hydroxylation is 1. The van der Waals surface area contributed by atoms with Gasteiger partial charge in [0.25, 0.3) is 10.0 Å². The van der Waals surface area contributed by atoms with Crippen molar-refractivity contribution in [3.05, 3.63) is 88.4 Å². The summed E-state index contributed by atoms with van der Waals surface area (Å²) >= 11 is 13.0. The molecule has 0 aliphatic rings. The molecule has 4 aromatic rings. The second kappa shape index (κ2) is 10.1. The number of carbonyl (C=O) groups excluding carboxylic acids is 1. The molecular formula is C23H18Cl2N4O3S2. The minimum Gasteiger partial charge on any atom is -0.299 e. The first kappa shape index (κ1) is 24.2. The zero-order valence-electron chi connectivity index (χ0n) is 17.8. The Bertz CT molecular complexity index is 1420. The summed E-state index contributed by atoms with van der Waals surface area (Å²) in [5.74, 6) is -0.556. The second-order valence-electron chi connectivity index (χ2n) is 7.22. The Balaban J connectivity index is 1.59. The van der Waals surface area contributed by atoms with E-state index < -0.39 is 22.5 Å². The highest BCUT2D eigenvalue weighted by Gasteiger charge is 2.28. The van der Waals surface area contributed by atoms with Gasteiger partial charge in [-0.25, -0.2) is 8.42 Å². The number of benzene rings is 3. The number of halogens is 2. The lowest BCUT2D eigenvalue weighted by atomic mass is 10.2. The van der Waals surface area contributed by atoms with Gasteiger partial charge in [-0.2, -0.15) is 0 Å². The standard InChI is InChI=1S/C23H18Cl2N4O3S2/c1-15-4-2-3-5-20(15)29(34(31,32)19-12-10-18(25)11-13-19)14-21(30)26-23-28-27-22(33-23)16-6-8-17(24)9-7-16/h2-13H,14H2,1H3,(H,26,28,30). The number of nitrogens with zero attached hydrogens (tertiary/aromatic N) is 3. The van der Waals surface area contributed by atoms with Crippen molar-refractivity contribution in [2.45, 2.75) is 11.8 Å². The maximum Gasteiger partial charge on any atom is 0.264 e.